The number of phenolic OH excluding ortho intramolecular Hbond substituents is 1. The molecule has 1 atom stereocenters. The molecular weight excluding hydrogens is 210 g/mol. The van der Waals surface area contributed by atoms with E-state index in [1.165, 1.54) is 0 Å². The number of aryl methyl sites for hydroxylation is 1. The van der Waals surface area contributed by atoms with Crippen LogP contribution in [0.4, 0.5) is 0 Å². The van der Waals surface area contributed by atoms with Gasteiger partial charge >= 0.3 is 0 Å². The lowest BCUT2D eigenvalue weighted by Crippen LogP contribution is -2.26. The summed E-state index contributed by atoms with van der Waals surface area (Å²) in [5.74, 6) is 0.252. The van der Waals surface area contributed by atoms with Gasteiger partial charge in [0, 0.05) is 16.6 Å². The van der Waals surface area contributed by atoms with Crippen molar-refractivity contribution < 1.29 is 5.11 Å². The summed E-state index contributed by atoms with van der Waals surface area (Å²) in [5, 5.41) is 10.5. The minimum absolute atomic E-state index is 0.103. The summed E-state index contributed by atoms with van der Waals surface area (Å²) in [6.45, 7) is 7.92. The standard InChI is InChI=1S/C12H18ClNO/c1-7-5-8(13)6-9(10(7)15)11(14)12(2,3)4/h5-6,11,15H,14H2,1-4H3/t11-/m1/s1. The van der Waals surface area contributed by atoms with Gasteiger partial charge in [-0.2, -0.15) is 0 Å². The first-order valence-corrected chi connectivity index (χ1v) is 5.36. The second-order valence-electron chi connectivity index (χ2n) is 5.00. The van der Waals surface area contributed by atoms with Crippen molar-refractivity contribution in [3.8, 4) is 5.75 Å². The molecule has 1 aromatic carbocycles. The largest absolute Gasteiger partial charge is 0.507 e. The molecule has 0 aliphatic heterocycles. The molecule has 2 nitrogen and oxygen atoms in total. The first kappa shape index (κ1) is 12.3. The molecule has 0 aromatic heterocycles. The second kappa shape index (κ2) is 4.03. The molecule has 0 unspecified atom stereocenters. The Morgan fingerprint density at radius 2 is 1.87 bits per heavy atom. The minimum atomic E-state index is -0.227. The van der Waals surface area contributed by atoms with Gasteiger partial charge in [-0.25, -0.2) is 0 Å². The number of phenols is 1. The predicted octanol–water partition coefficient (Wildman–Crippen LogP) is 3.40. The minimum Gasteiger partial charge on any atom is -0.507 e. The summed E-state index contributed by atoms with van der Waals surface area (Å²) in [4.78, 5) is 0. The van der Waals surface area contributed by atoms with Gasteiger partial charge in [-0.1, -0.05) is 32.4 Å². The molecule has 0 saturated carbocycles. The van der Waals surface area contributed by atoms with Gasteiger partial charge in [0.05, 0.1) is 0 Å². The SMILES string of the molecule is Cc1cc(Cl)cc([C@@H](N)C(C)(C)C)c1O. The Morgan fingerprint density at radius 3 is 2.33 bits per heavy atom. The van der Waals surface area contributed by atoms with Crippen molar-refractivity contribution >= 4 is 11.6 Å². The smallest absolute Gasteiger partial charge is 0.123 e. The molecule has 1 rings (SSSR count). The van der Waals surface area contributed by atoms with Crippen LogP contribution in [-0.4, -0.2) is 5.11 Å². The van der Waals surface area contributed by atoms with Crippen LogP contribution in [0.1, 0.15) is 37.9 Å². The zero-order chi connectivity index (χ0) is 11.8. The third kappa shape index (κ3) is 2.64. The average Bonchev–Trinajstić information content (AvgIpc) is 2.08. The molecule has 0 amide bonds. The maximum Gasteiger partial charge on any atom is 0.123 e. The molecule has 15 heavy (non-hydrogen) atoms. The highest BCUT2D eigenvalue weighted by molar-refractivity contribution is 6.30. The normalized spacial score (nSPS) is 14.0. The fourth-order valence-electron chi connectivity index (χ4n) is 1.47. The van der Waals surface area contributed by atoms with Crippen LogP contribution in [-0.2, 0) is 0 Å². The van der Waals surface area contributed by atoms with E-state index in [4.69, 9.17) is 17.3 Å². The summed E-state index contributed by atoms with van der Waals surface area (Å²) in [7, 11) is 0. The molecule has 0 saturated heterocycles. The highest BCUT2D eigenvalue weighted by atomic mass is 35.5. The van der Waals surface area contributed by atoms with Crippen LogP contribution in [0.2, 0.25) is 5.02 Å². The number of rotatable bonds is 1. The first-order valence-electron chi connectivity index (χ1n) is 4.98. The molecule has 84 valence electrons. The van der Waals surface area contributed by atoms with Crippen LogP contribution in [0.5, 0.6) is 5.75 Å². The lowest BCUT2D eigenvalue weighted by Gasteiger charge is -2.28. The van der Waals surface area contributed by atoms with Gasteiger partial charge in [0.25, 0.3) is 0 Å². The van der Waals surface area contributed by atoms with Crippen LogP contribution >= 0.6 is 11.6 Å². The number of benzene rings is 1. The molecule has 0 radical (unpaired) electrons. The monoisotopic (exact) mass is 227 g/mol. The van der Waals surface area contributed by atoms with Gasteiger partial charge in [0.15, 0.2) is 0 Å². The Morgan fingerprint density at radius 1 is 1.33 bits per heavy atom. The quantitative estimate of drug-likeness (QED) is 0.773. The number of hydrogen-bond acceptors (Lipinski definition) is 2. The van der Waals surface area contributed by atoms with E-state index in [9.17, 15) is 5.11 Å². The number of hydrogen-bond donors (Lipinski definition) is 2. The summed E-state index contributed by atoms with van der Waals surface area (Å²) >= 11 is 5.95. The van der Waals surface area contributed by atoms with Crippen molar-refractivity contribution in [2.45, 2.75) is 33.7 Å². The third-order valence-corrected chi connectivity index (χ3v) is 2.78. The Bertz CT molecular complexity index is 369. The maximum atomic E-state index is 9.92. The van der Waals surface area contributed by atoms with Crippen LogP contribution in [0.3, 0.4) is 0 Å². The lowest BCUT2D eigenvalue weighted by molar-refractivity contribution is 0.317. The van der Waals surface area contributed by atoms with E-state index in [-0.39, 0.29) is 17.2 Å². The zero-order valence-electron chi connectivity index (χ0n) is 9.63. The Kier molecular flexibility index (Phi) is 3.31. The molecule has 0 aliphatic carbocycles. The molecule has 1 aromatic rings. The highest BCUT2D eigenvalue weighted by Gasteiger charge is 2.25. The number of halogens is 1. The summed E-state index contributed by atoms with van der Waals surface area (Å²) in [6.07, 6.45) is 0. The van der Waals surface area contributed by atoms with Gasteiger partial charge in [-0.05, 0) is 30.0 Å². The van der Waals surface area contributed by atoms with Crippen molar-refractivity contribution in [3.63, 3.8) is 0 Å². The molecule has 0 heterocycles. The van der Waals surface area contributed by atoms with Crippen LogP contribution in [0.25, 0.3) is 0 Å². The van der Waals surface area contributed by atoms with Crippen LogP contribution in [0, 0.1) is 12.3 Å². The van der Waals surface area contributed by atoms with Crippen molar-refractivity contribution in [2.75, 3.05) is 0 Å². The third-order valence-electron chi connectivity index (χ3n) is 2.56. The molecular formula is C12H18ClNO. The summed E-state index contributed by atoms with van der Waals surface area (Å²) < 4.78 is 0. The molecule has 0 fully saturated rings. The first-order chi connectivity index (χ1) is 6.73. The number of nitrogens with two attached hydrogens (primary N) is 1. The van der Waals surface area contributed by atoms with Gasteiger partial charge in [0.1, 0.15) is 5.75 Å². The van der Waals surface area contributed by atoms with E-state index in [1.807, 2.05) is 27.7 Å². The molecule has 3 N–H and O–H groups in total. The highest BCUT2D eigenvalue weighted by Crippen LogP contribution is 2.38. The number of aromatic hydroxyl groups is 1. The lowest BCUT2D eigenvalue weighted by atomic mass is 9.82. The Labute approximate surface area is 96.1 Å². The van der Waals surface area contributed by atoms with Crippen molar-refractivity contribution in [1.29, 1.82) is 0 Å². The van der Waals surface area contributed by atoms with Crippen molar-refractivity contribution in [3.05, 3.63) is 28.3 Å². The van der Waals surface area contributed by atoms with Crippen molar-refractivity contribution in [2.24, 2.45) is 11.1 Å². The van der Waals surface area contributed by atoms with E-state index >= 15 is 0 Å². The average molecular weight is 228 g/mol. The van der Waals surface area contributed by atoms with Gasteiger partial charge in [-0.15, -0.1) is 0 Å². The summed E-state index contributed by atoms with van der Waals surface area (Å²) in [6, 6.07) is 3.24. The van der Waals surface area contributed by atoms with E-state index in [0.717, 1.165) is 5.56 Å². The molecule has 0 bridgehead atoms. The Hall–Kier alpha value is -0.730. The molecule has 0 aliphatic rings. The second-order valence-corrected chi connectivity index (χ2v) is 5.44. The Balaban J connectivity index is 3.25. The van der Waals surface area contributed by atoms with Gasteiger partial charge < -0.3 is 10.8 Å². The molecule has 3 heteroatoms. The fourth-order valence-corrected chi connectivity index (χ4v) is 1.75. The zero-order valence-corrected chi connectivity index (χ0v) is 10.4. The van der Waals surface area contributed by atoms with E-state index in [0.29, 0.717) is 10.6 Å². The van der Waals surface area contributed by atoms with Gasteiger partial charge in [0.2, 0.25) is 0 Å². The topological polar surface area (TPSA) is 46.2 Å². The van der Waals surface area contributed by atoms with Gasteiger partial charge in [-0.3, -0.25) is 0 Å². The molecule has 0 spiro atoms. The van der Waals surface area contributed by atoms with E-state index in [2.05, 4.69) is 0 Å². The van der Waals surface area contributed by atoms with Crippen LogP contribution < -0.4 is 5.73 Å². The predicted molar refractivity (Wildman–Crippen MR) is 64.2 cm³/mol. The van der Waals surface area contributed by atoms with E-state index in [1.54, 1.807) is 12.1 Å². The van der Waals surface area contributed by atoms with Crippen LogP contribution in [0.15, 0.2) is 12.1 Å². The maximum absolute atomic E-state index is 9.92. The fraction of sp³-hybridized carbons (Fsp3) is 0.500. The summed E-state index contributed by atoms with van der Waals surface area (Å²) in [5.41, 5.74) is 7.47. The van der Waals surface area contributed by atoms with E-state index < -0.39 is 0 Å². The van der Waals surface area contributed by atoms with Crippen molar-refractivity contribution in [1.82, 2.24) is 0 Å².